The maximum absolute atomic E-state index is 11.9. The number of nitrogens with one attached hydrogen (secondary N) is 2. The molecule has 3 rings (SSSR count). The zero-order valence-corrected chi connectivity index (χ0v) is 14.3. The number of fused-ring (bicyclic) bond motifs is 1. The Morgan fingerprint density at radius 2 is 1.73 bits per heavy atom. The largest absolute Gasteiger partial charge is 0.454 e. The number of hydrogen-bond donors (Lipinski definition) is 2. The third-order valence-electron chi connectivity index (χ3n) is 4.18. The predicted molar refractivity (Wildman–Crippen MR) is 96.8 cm³/mol. The molecule has 0 aromatic heterocycles. The highest BCUT2D eigenvalue weighted by molar-refractivity contribution is 5.96. The van der Waals surface area contributed by atoms with E-state index in [4.69, 9.17) is 4.74 Å². The van der Waals surface area contributed by atoms with Crippen molar-refractivity contribution in [2.24, 2.45) is 0 Å². The fraction of sp³-hybridized carbons (Fsp3) is 0.250. The molecule has 2 aromatic rings. The first kappa shape index (κ1) is 17.7. The van der Waals surface area contributed by atoms with E-state index in [-0.39, 0.29) is 12.5 Å². The van der Waals surface area contributed by atoms with Crippen LogP contribution in [0.25, 0.3) is 0 Å². The number of benzene rings is 2. The first-order valence-electron chi connectivity index (χ1n) is 8.52. The van der Waals surface area contributed by atoms with Crippen molar-refractivity contribution in [1.82, 2.24) is 5.32 Å². The first-order chi connectivity index (χ1) is 12.6. The van der Waals surface area contributed by atoms with E-state index in [1.165, 1.54) is 11.1 Å². The van der Waals surface area contributed by atoms with Crippen LogP contribution in [0.2, 0.25) is 0 Å². The lowest BCUT2D eigenvalue weighted by Gasteiger charge is -2.09. The normalized spacial score (nSPS) is 12.2. The van der Waals surface area contributed by atoms with Gasteiger partial charge in [0, 0.05) is 11.3 Å². The van der Waals surface area contributed by atoms with Gasteiger partial charge < -0.3 is 15.4 Å². The molecule has 0 saturated heterocycles. The molecule has 2 amide bonds. The summed E-state index contributed by atoms with van der Waals surface area (Å²) in [5.74, 6) is -1.45. The van der Waals surface area contributed by atoms with Gasteiger partial charge in [0.1, 0.15) is 6.54 Å². The Labute approximate surface area is 151 Å². The molecule has 0 aliphatic heterocycles. The van der Waals surface area contributed by atoms with Crippen LogP contribution in [0.3, 0.4) is 0 Å². The summed E-state index contributed by atoms with van der Waals surface area (Å²) < 4.78 is 4.89. The minimum atomic E-state index is -0.668. The lowest BCUT2D eigenvalue weighted by Crippen LogP contribution is -2.32. The van der Waals surface area contributed by atoms with Gasteiger partial charge in [0.2, 0.25) is 0 Å². The van der Waals surface area contributed by atoms with Gasteiger partial charge >= 0.3 is 5.97 Å². The van der Waals surface area contributed by atoms with E-state index < -0.39 is 18.5 Å². The molecule has 0 unspecified atom stereocenters. The molecule has 0 spiro atoms. The summed E-state index contributed by atoms with van der Waals surface area (Å²) in [5.41, 5.74) is 3.73. The number of esters is 1. The number of carbonyl (C=O) groups is 3. The third-order valence-corrected chi connectivity index (χ3v) is 4.18. The van der Waals surface area contributed by atoms with Crippen LogP contribution in [-0.4, -0.2) is 30.9 Å². The molecule has 1 aliphatic rings. The topological polar surface area (TPSA) is 84.5 Å². The van der Waals surface area contributed by atoms with Gasteiger partial charge in [-0.2, -0.15) is 0 Å². The minimum Gasteiger partial charge on any atom is -0.454 e. The van der Waals surface area contributed by atoms with Crippen LogP contribution in [0.4, 0.5) is 5.69 Å². The zero-order valence-electron chi connectivity index (χ0n) is 14.3. The van der Waals surface area contributed by atoms with Crippen LogP contribution in [0, 0.1) is 0 Å². The van der Waals surface area contributed by atoms with E-state index in [0.29, 0.717) is 11.3 Å². The Balaban J connectivity index is 1.40. The lowest BCUT2D eigenvalue weighted by atomic mass is 10.1. The number of ether oxygens (including phenoxy) is 1. The smallest absolute Gasteiger partial charge is 0.325 e. The van der Waals surface area contributed by atoms with Gasteiger partial charge in [0.25, 0.3) is 11.8 Å². The molecule has 2 aromatic carbocycles. The molecule has 0 atom stereocenters. The molecular formula is C20H20N2O4. The maximum atomic E-state index is 11.9. The summed E-state index contributed by atoms with van der Waals surface area (Å²) in [6.45, 7) is -0.684. The number of anilines is 1. The van der Waals surface area contributed by atoms with Crippen LogP contribution in [-0.2, 0) is 27.2 Å². The van der Waals surface area contributed by atoms with Gasteiger partial charge in [-0.25, -0.2) is 0 Å². The summed E-state index contributed by atoms with van der Waals surface area (Å²) in [6.07, 6.45) is 3.24. The van der Waals surface area contributed by atoms with Crippen LogP contribution in [0.5, 0.6) is 0 Å². The van der Waals surface area contributed by atoms with Crippen molar-refractivity contribution in [3.63, 3.8) is 0 Å². The van der Waals surface area contributed by atoms with Gasteiger partial charge in [-0.1, -0.05) is 24.3 Å². The molecular weight excluding hydrogens is 332 g/mol. The molecule has 0 fully saturated rings. The molecule has 0 heterocycles. The monoisotopic (exact) mass is 352 g/mol. The van der Waals surface area contributed by atoms with E-state index >= 15 is 0 Å². The Bertz CT molecular complexity index is 818. The molecule has 6 heteroatoms. The second-order valence-electron chi connectivity index (χ2n) is 6.09. The predicted octanol–water partition coefficient (Wildman–Crippen LogP) is 2.09. The highest BCUT2D eigenvalue weighted by Gasteiger charge is 2.13. The van der Waals surface area contributed by atoms with Gasteiger partial charge in [-0.15, -0.1) is 0 Å². The number of carbonyl (C=O) groups excluding carboxylic acids is 3. The van der Waals surface area contributed by atoms with E-state index in [0.717, 1.165) is 19.3 Å². The van der Waals surface area contributed by atoms with Gasteiger partial charge in [0.05, 0.1) is 0 Å². The van der Waals surface area contributed by atoms with Gasteiger partial charge in [-0.3, -0.25) is 14.4 Å². The SMILES string of the molecule is O=C(COC(=O)CNC(=O)c1ccccc1)Nc1ccc2c(c1)CCC2. The van der Waals surface area contributed by atoms with Gasteiger partial charge in [0.15, 0.2) is 6.61 Å². The Morgan fingerprint density at radius 3 is 2.54 bits per heavy atom. The summed E-state index contributed by atoms with van der Waals surface area (Å²) in [4.78, 5) is 35.4. The first-order valence-corrected chi connectivity index (χ1v) is 8.52. The molecule has 1 aliphatic carbocycles. The van der Waals surface area contributed by atoms with Crippen LogP contribution < -0.4 is 10.6 Å². The number of amides is 2. The quantitative estimate of drug-likeness (QED) is 0.780. The molecule has 0 saturated carbocycles. The van der Waals surface area contributed by atoms with E-state index in [9.17, 15) is 14.4 Å². The highest BCUT2D eigenvalue weighted by Crippen LogP contribution is 2.24. The van der Waals surface area contributed by atoms with Crippen molar-refractivity contribution in [1.29, 1.82) is 0 Å². The van der Waals surface area contributed by atoms with E-state index in [1.54, 1.807) is 30.3 Å². The van der Waals surface area contributed by atoms with Crippen molar-refractivity contribution < 1.29 is 19.1 Å². The zero-order chi connectivity index (χ0) is 18.4. The highest BCUT2D eigenvalue weighted by atomic mass is 16.5. The van der Waals surface area contributed by atoms with Crippen LogP contribution in [0.1, 0.15) is 27.9 Å². The molecule has 0 bridgehead atoms. The number of aryl methyl sites for hydroxylation is 2. The van der Waals surface area contributed by atoms with Crippen molar-refractivity contribution in [3.05, 3.63) is 65.2 Å². The maximum Gasteiger partial charge on any atom is 0.325 e. The average Bonchev–Trinajstić information content (AvgIpc) is 3.13. The van der Waals surface area contributed by atoms with Crippen molar-refractivity contribution >= 4 is 23.5 Å². The fourth-order valence-corrected chi connectivity index (χ4v) is 2.89. The second kappa shape index (κ2) is 8.29. The molecule has 134 valence electrons. The standard InChI is InChI=1S/C20H20N2O4/c23-18(22-17-10-9-14-7-4-8-16(14)11-17)13-26-19(24)12-21-20(25)15-5-2-1-3-6-15/h1-3,5-6,9-11H,4,7-8,12-13H2,(H,21,25)(H,22,23). The second-order valence-corrected chi connectivity index (χ2v) is 6.09. The average molecular weight is 352 g/mol. The Hall–Kier alpha value is -3.15. The molecule has 6 nitrogen and oxygen atoms in total. The fourth-order valence-electron chi connectivity index (χ4n) is 2.89. The number of hydrogen-bond acceptors (Lipinski definition) is 4. The van der Waals surface area contributed by atoms with Crippen LogP contribution >= 0.6 is 0 Å². The third kappa shape index (κ3) is 4.69. The summed E-state index contributed by atoms with van der Waals surface area (Å²) in [7, 11) is 0. The van der Waals surface area contributed by atoms with Crippen LogP contribution in [0.15, 0.2) is 48.5 Å². The van der Waals surface area contributed by atoms with Crippen molar-refractivity contribution in [2.75, 3.05) is 18.5 Å². The van der Waals surface area contributed by atoms with Crippen molar-refractivity contribution in [3.8, 4) is 0 Å². The molecule has 26 heavy (non-hydrogen) atoms. The summed E-state index contributed by atoms with van der Waals surface area (Å²) in [6, 6.07) is 14.4. The Morgan fingerprint density at radius 1 is 0.962 bits per heavy atom. The van der Waals surface area contributed by atoms with E-state index in [1.807, 2.05) is 18.2 Å². The molecule has 2 N–H and O–H groups in total. The molecule has 0 radical (unpaired) electrons. The summed E-state index contributed by atoms with van der Waals surface area (Å²) in [5, 5.41) is 5.17. The summed E-state index contributed by atoms with van der Waals surface area (Å²) >= 11 is 0. The Kier molecular flexibility index (Phi) is 5.63. The van der Waals surface area contributed by atoms with Crippen molar-refractivity contribution in [2.45, 2.75) is 19.3 Å². The minimum absolute atomic E-state index is 0.292. The van der Waals surface area contributed by atoms with E-state index in [2.05, 4.69) is 10.6 Å². The van der Waals surface area contributed by atoms with Gasteiger partial charge in [-0.05, 0) is 54.7 Å². The number of rotatable bonds is 6. The lowest BCUT2D eigenvalue weighted by molar-refractivity contribution is -0.146.